The summed E-state index contributed by atoms with van der Waals surface area (Å²) >= 11 is 0. The zero-order valence-corrected chi connectivity index (χ0v) is 10.9. The summed E-state index contributed by atoms with van der Waals surface area (Å²) in [7, 11) is 1.59. The molecule has 1 N–H and O–H groups in total. The maximum absolute atomic E-state index is 10.7. The molecule has 3 nitrogen and oxygen atoms in total. The van der Waals surface area contributed by atoms with Crippen LogP contribution >= 0.6 is 0 Å². The van der Waals surface area contributed by atoms with Crippen LogP contribution in [0.4, 0.5) is 0 Å². The fourth-order valence-corrected chi connectivity index (χ4v) is 1.98. The Morgan fingerprint density at radius 3 is 2.37 bits per heavy atom. The van der Waals surface area contributed by atoms with Crippen molar-refractivity contribution in [2.24, 2.45) is 0 Å². The Morgan fingerprint density at radius 1 is 1.11 bits per heavy atom. The molecule has 96 valence electrons. The predicted molar refractivity (Wildman–Crippen MR) is 72.8 cm³/mol. The summed E-state index contributed by atoms with van der Waals surface area (Å²) in [6.45, 7) is 1.71. The van der Waals surface area contributed by atoms with Gasteiger partial charge in [-0.1, -0.05) is 24.3 Å². The maximum atomic E-state index is 10.7. The summed E-state index contributed by atoms with van der Waals surface area (Å²) in [6, 6.07) is 16.3. The molecule has 0 fully saturated rings. The van der Waals surface area contributed by atoms with Crippen molar-refractivity contribution in [2.45, 2.75) is 12.5 Å². The van der Waals surface area contributed by atoms with Crippen molar-refractivity contribution in [3.8, 4) is 11.8 Å². The van der Waals surface area contributed by atoms with Crippen molar-refractivity contribution in [1.29, 1.82) is 5.26 Å². The topological polar surface area (TPSA) is 53.2 Å². The van der Waals surface area contributed by atoms with Gasteiger partial charge in [-0.2, -0.15) is 5.26 Å². The van der Waals surface area contributed by atoms with E-state index in [4.69, 9.17) is 10.00 Å². The van der Waals surface area contributed by atoms with E-state index in [0.717, 1.165) is 5.56 Å². The van der Waals surface area contributed by atoms with Gasteiger partial charge in [-0.25, -0.2) is 0 Å². The lowest BCUT2D eigenvalue weighted by atomic mass is 9.87. The van der Waals surface area contributed by atoms with E-state index in [1.807, 2.05) is 18.2 Å². The summed E-state index contributed by atoms with van der Waals surface area (Å²) in [5.41, 5.74) is 0.768. The molecule has 0 radical (unpaired) electrons. The van der Waals surface area contributed by atoms with Gasteiger partial charge in [0.1, 0.15) is 11.4 Å². The lowest BCUT2D eigenvalue weighted by Gasteiger charge is -2.25. The molecule has 1 unspecified atom stereocenters. The van der Waals surface area contributed by atoms with Gasteiger partial charge in [-0.15, -0.1) is 0 Å². The third-order valence-corrected chi connectivity index (χ3v) is 3.19. The predicted octanol–water partition coefficient (Wildman–Crippen LogP) is 2.82. The fourth-order valence-electron chi connectivity index (χ4n) is 1.98. The van der Waals surface area contributed by atoms with Crippen LogP contribution in [0.5, 0.6) is 5.75 Å². The molecule has 2 aromatic rings. The van der Waals surface area contributed by atoms with Gasteiger partial charge < -0.3 is 9.84 Å². The second-order valence-electron chi connectivity index (χ2n) is 4.50. The van der Waals surface area contributed by atoms with E-state index in [-0.39, 0.29) is 0 Å². The van der Waals surface area contributed by atoms with Crippen LogP contribution in [0.3, 0.4) is 0 Å². The molecule has 0 bridgehead atoms. The average molecular weight is 253 g/mol. The van der Waals surface area contributed by atoms with Crippen LogP contribution in [0, 0.1) is 11.3 Å². The number of aliphatic hydroxyl groups is 1. The third-order valence-electron chi connectivity index (χ3n) is 3.19. The molecule has 0 aliphatic rings. The van der Waals surface area contributed by atoms with Crippen molar-refractivity contribution >= 4 is 0 Å². The van der Waals surface area contributed by atoms with Crippen molar-refractivity contribution in [3.05, 3.63) is 65.2 Å². The zero-order chi connectivity index (χ0) is 13.9. The summed E-state index contributed by atoms with van der Waals surface area (Å²) in [5, 5.41) is 19.7. The molecule has 0 amide bonds. The second-order valence-corrected chi connectivity index (χ2v) is 4.50. The number of rotatable bonds is 3. The smallest absolute Gasteiger partial charge is 0.119 e. The number of nitrogens with zero attached hydrogens (tertiary/aromatic N) is 1. The van der Waals surface area contributed by atoms with Crippen LogP contribution in [0.1, 0.15) is 23.6 Å². The molecule has 2 rings (SSSR count). The van der Waals surface area contributed by atoms with Crippen LogP contribution in [0.25, 0.3) is 0 Å². The van der Waals surface area contributed by atoms with E-state index >= 15 is 0 Å². The normalized spacial score (nSPS) is 13.4. The van der Waals surface area contributed by atoms with E-state index < -0.39 is 5.60 Å². The molecule has 0 saturated heterocycles. The molecule has 0 aliphatic heterocycles. The monoisotopic (exact) mass is 253 g/mol. The molecule has 0 spiro atoms. The fraction of sp³-hybridized carbons (Fsp3) is 0.188. The van der Waals surface area contributed by atoms with Gasteiger partial charge in [-0.05, 0) is 42.3 Å². The van der Waals surface area contributed by atoms with Crippen molar-refractivity contribution in [2.75, 3.05) is 7.11 Å². The first-order chi connectivity index (χ1) is 9.07. The minimum atomic E-state index is -1.17. The van der Waals surface area contributed by atoms with E-state index in [2.05, 4.69) is 6.07 Å². The minimum Gasteiger partial charge on any atom is -0.497 e. The van der Waals surface area contributed by atoms with E-state index in [1.165, 1.54) is 0 Å². The Morgan fingerprint density at radius 2 is 1.74 bits per heavy atom. The average Bonchev–Trinajstić information content (AvgIpc) is 2.47. The number of hydrogen-bond donors (Lipinski definition) is 1. The Labute approximate surface area is 112 Å². The van der Waals surface area contributed by atoms with Crippen molar-refractivity contribution < 1.29 is 9.84 Å². The van der Waals surface area contributed by atoms with Crippen LogP contribution < -0.4 is 4.74 Å². The first-order valence-corrected chi connectivity index (χ1v) is 5.95. The Balaban J connectivity index is 2.48. The van der Waals surface area contributed by atoms with E-state index in [1.54, 1.807) is 44.4 Å². The third kappa shape index (κ3) is 2.59. The van der Waals surface area contributed by atoms with Crippen LogP contribution in [-0.4, -0.2) is 12.2 Å². The van der Waals surface area contributed by atoms with Crippen LogP contribution in [0.15, 0.2) is 48.5 Å². The first kappa shape index (κ1) is 13.1. The van der Waals surface area contributed by atoms with E-state index in [0.29, 0.717) is 16.9 Å². The van der Waals surface area contributed by atoms with Gasteiger partial charge >= 0.3 is 0 Å². The van der Waals surface area contributed by atoms with Gasteiger partial charge in [0.15, 0.2) is 0 Å². The molecule has 0 aliphatic carbocycles. The van der Waals surface area contributed by atoms with Crippen molar-refractivity contribution in [3.63, 3.8) is 0 Å². The molecule has 0 heterocycles. The summed E-state index contributed by atoms with van der Waals surface area (Å²) in [4.78, 5) is 0. The number of ether oxygens (including phenoxy) is 1. The highest BCUT2D eigenvalue weighted by Gasteiger charge is 2.26. The van der Waals surface area contributed by atoms with Gasteiger partial charge in [-0.3, -0.25) is 0 Å². The summed E-state index contributed by atoms with van der Waals surface area (Å²) in [5.74, 6) is 0.689. The van der Waals surface area contributed by atoms with Gasteiger partial charge in [0.2, 0.25) is 0 Å². The maximum Gasteiger partial charge on any atom is 0.119 e. The number of methoxy groups -OCH3 is 1. The number of benzene rings is 2. The van der Waals surface area contributed by atoms with Crippen molar-refractivity contribution in [1.82, 2.24) is 0 Å². The molecule has 0 saturated carbocycles. The quantitative estimate of drug-likeness (QED) is 0.915. The second kappa shape index (κ2) is 5.13. The SMILES string of the molecule is COc1cccc(C(C)(O)c2cccc(C#N)c2)c1. The molecule has 0 aromatic heterocycles. The summed E-state index contributed by atoms with van der Waals surface area (Å²) in [6.07, 6.45) is 0. The Kier molecular flexibility index (Phi) is 3.55. The molecular weight excluding hydrogens is 238 g/mol. The first-order valence-electron chi connectivity index (χ1n) is 5.95. The highest BCUT2D eigenvalue weighted by Crippen LogP contribution is 2.31. The molecule has 3 heteroatoms. The van der Waals surface area contributed by atoms with E-state index in [9.17, 15) is 5.11 Å². The largest absolute Gasteiger partial charge is 0.497 e. The zero-order valence-electron chi connectivity index (χ0n) is 10.9. The highest BCUT2D eigenvalue weighted by atomic mass is 16.5. The lowest BCUT2D eigenvalue weighted by Crippen LogP contribution is -2.22. The Hall–Kier alpha value is -2.31. The Bertz CT molecular complexity index is 627. The number of hydrogen-bond acceptors (Lipinski definition) is 3. The van der Waals surface area contributed by atoms with Gasteiger partial charge in [0.25, 0.3) is 0 Å². The summed E-state index contributed by atoms with van der Waals surface area (Å²) < 4.78 is 5.17. The van der Waals surface area contributed by atoms with Gasteiger partial charge in [0.05, 0.1) is 18.7 Å². The van der Waals surface area contributed by atoms with Crippen LogP contribution in [0.2, 0.25) is 0 Å². The minimum absolute atomic E-state index is 0.528. The number of nitriles is 1. The lowest BCUT2D eigenvalue weighted by molar-refractivity contribution is 0.102. The standard InChI is InChI=1S/C16H15NO2/c1-16(18,13-6-3-5-12(9-13)11-17)14-7-4-8-15(10-14)19-2/h3-10,18H,1-2H3. The molecule has 19 heavy (non-hydrogen) atoms. The molecular formula is C16H15NO2. The molecule has 2 aromatic carbocycles. The van der Waals surface area contributed by atoms with Gasteiger partial charge in [0, 0.05) is 0 Å². The van der Waals surface area contributed by atoms with Crippen LogP contribution in [-0.2, 0) is 5.60 Å². The highest BCUT2D eigenvalue weighted by molar-refractivity contribution is 5.42. The molecule has 1 atom stereocenters.